The van der Waals surface area contributed by atoms with Crippen molar-refractivity contribution < 1.29 is 9.21 Å². The van der Waals surface area contributed by atoms with Gasteiger partial charge in [0, 0.05) is 0 Å². The highest BCUT2D eigenvalue weighted by Crippen LogP contribution is 2.28. The molecule has 136 valence electrons. The van der Waals surface area contributed by atoms with Crippen molar-refractivity contribution in [3.63, 3.8) is 0 Å². The Bertz CT molecular complexity index is 743. The van der Waals surface area contributed by atoms with Crippen LogP contribution in [0.25, 0.3) is 0 Å². The maximum absolute atomic E-state index is 12.8. The number of nitrogens with one attached hydrogen (secondary N) is 2. The van der Waals surface area contributed by atoms with E-state index in [1.165, 1.54) is 0 Å². The van der Waals surface area contributed by atoms with Crippen LogP contribution < -0.4 is 10.6 Å². The van der Waals surface area contributed by atoms with Crippen molar-refractivity contribution in [1.82, 2.24) is 10.6 Å². The average molecular weight is 351 g/mol. The summed E-state index contributed by atoms with van der Waals surface area (Å²) in [5.41, 5.74) is 0.299. The molecule has 5 nitrogen and oxygen atoms in total. The van der Waals surface area contributed by atoms with Crippen molar-refractivity contribution in [2.24, 2.45) is 0 Å². The lowest BCUT2D eigenvalue weighted by atomic mass is 9.82. The van der Waals surface area contributed by atoms with Crippen LogP contribution in [0.2, 0.25) is 0 Å². The molecule has 1 saturated carbocycles. The third-order valence-electron chi connectivity index (χ3n) is 5.05. The van der Waals surface area contributed by atoms with Gasteiger partial charge in [-0.15, -0.1) is 0 Å². The highest BCUT2D eigenvalue weighted by molar-refractivity contribution is 5.82. The van der Waals surface area contributed by atoms with Crippen molar-refractivity contribution in [1.29, 1.82) is 5.26 Å². The summed E-state index contributed by atoms with van der Waals surface area (Å²) < 4.78 is 5.58. The van der Waals surface area contributed by atoms with Gasteiger partial charge in [-0.05, 0) is 37.5 Å². The minimum absolute atomic E-state index is 0.152. The number of carbonyl (C=O) groups excluding carboxylic acids is 1. The predicted molar refractivity (Wildman–Crippen MR) is 99.2 cm³/mol. The number of hydrogen-bond acceptors (Lipinski definition) is 4. The van der Waals surface area contributed by atoms with Gasteiger partial charge in [0.2, 0.25) is 5.91 Å². The largest absolute Gasteiger partial charge is 0.467 e. The van der Waals surface area contributed by atoms with Gasteiger partial charge in [0.05, 0.1) is 24.4 Å². The van der Waals surface area contributed by atoms with Crippen molar-refractivity contribution >= 4 is 5.91 Å². The molecule has 1 aliphatic carbocycles. The number of nitrogens with zero attached hydrogens (tertiary/aromatic N) is 1. The van der Waals surface area contributed by atoms with Crippen LogP contribution in [0, 0.1) is 11.3 Å². The number of benzene rings is 1. The maximum atomic E-state index is 12.8. The fourth-order valence-corrected chi connectivity index (χ4v) is 3.53. The lowest BCUT2D eigenvalue weighted by molar-refractivity contribution is -0.124. The molecular weight excluding hydrogens is 326 g/mol. The smallest absolute Gasteiger partial charge is 0.238 e. The van der Waals surface area contributed by atoms with Gasteiger partial charge in [-0.25, -0.2) is 0 Å². The van der Waals surface area contributed by atoms with Gasteiger partial charge < -0.3 is 9.73 Å². The Balaban J connectivity index is 1.72. The summed E-state index contributed by atoms with van der Waals surface area (Å²) in [6.45, 7) is 1.82. The highest BCUT2D eigenvalue weighted by atomic mass is 16.3. The number of amides is 1. The van der Waals surface area contributed by atoms with E-state index >= 15 is 0 Å². The zero-order valence-electron chi connectivity index (χ0n) is 15.1. The standard InChI is InChI=1S/C21H25N3O2/c1-16(20(25)24-21(15-22)12-6-3-7-13-21)23-19(18-11-8-14-26-18)17-9-4-2-5-10-17/h2,4-5,8-11,14,16,19,23H,3,6-7,12-13H2,1H3,(H,24,25)/t16-,19+/m1/s1. The Morgan fingerprint density at radius 1 is 1.15 bits per heavy atom. The van der Waals surface area contributed by atoms with E-state index in [4.69, 9.17) is 4.42 Å². The summed E-state index contributed by atoms with van der Waals surface area (Å²) in [5, 5.41) is 15.9. The van der Waals surface area contributed by atoms with E-state index in [9.17, 15) is 10.1 Å². The number of hydrogen-bond donors (Lipinski definition) is 2. The van der Waals surface area contributed by atoms with Gasteiger partial charge in [0.15, 0.2) is 0 Å². The molecule has 1 aromatic carbocycles. The molecule has 0 spiro atoms. The molecule has 0 radical (unpaired) electrons. The van der Waals surface area contributed by atoms with E-state index in [0.717, 1.165) is 43.4 Å². The summed E-state index contributed by atoms with van der Waals surface area (Å²) in [4.78, 5) is 12.8. The van der Waals surface area contributed by atoms with Crippen LogP contribution in [0.1, 0.15) is 56.4 Å². The van der Waals surface area contributed by atoms with Crippen molar-refractivity contribution in [3.05, 3.63) is 60.1 Å². The first-order chi connectivity index (χ1) is 12.6. The molecule has 0 aliphatic heterocycles. The second-order valence-corrected chi connectivity index (χ2v) is 6.99. The van der Waals surface area contributed by atoms with Crippen LogP contribution in [0.15, 0.2) is 53.1 Å². The second kappa shape index (κ2) is 8.20. The zero-order valence-corrected chi connectivity index (χ0v) is 15.1. The van der Waals surface area contributed by atoms with Gasteiger partial charge in [-0.1, -0.05) is 49.6 Å². The van der Waals surface area contributed by atoms with E-state index in [1.54, 1.807) is 6.26 Å². The molecule has 2 N–H and O–H groups in total. The van der Waals surface area contributed by atoms with Crippen molar-refractivity contribution in [2.75, 3.05) is 0 Å². The van der Waals surface area contributed by atoms with Crippen LogP contribution in [-0.2, 0) is 4.79 Å². The maximum Gasteiger partial charge on any atom is 0.238 e. The van der Waals surface area contributed by atoms with Crippen molar-refractivity contribution in [3.8, 4) is 6.07 Å². The Hall–Kier alpha value is -2.58. The molecule has 2 aromatic rings. The normalized spacial score (nSPS) is 18.5. The molecule has 0 saturated heterocycles. The fourth-order valence-electron chi connectivity index (χ4n) is 3.53. The molecule has 3 rings (SSSR count). The molecule has 0 unspecified atom stereocenters. The quantitative estimate of drug-likeness (QED) is 0.832. The SMILES string of the molecule is C[C@@H](N[C@@H](c1ccccc1)c1ccco1)C(=O)NC1(C#N)CCCCC1. The molecule has 1 amide bonds. The van der Waals surface area contributed by atoms with E-state index < -0.39 is 11.6 Å². The van der Waals surface area contributed by atoms with Crippen LogP contribution in [0.5, 0.6) is 0 Å². The Morgan fingerprint density at radius 2 is 1.88 bits per heavy atom. The van der Waals surface area contributed by atoms with Crippen LogP contribution in [0.3, 0.4) is 0 Å². The first kappa shape index (κ1) is 18.2. The lowest BCUT2D eigenvalue weighted by Crippen LogP contribution is -2.54. The molecule has 1 aromatic heterocycles. The molecule has 1 heterocycles. The van der Waals surface area contributed by atoms with Crippen molar-refractivity contribution in [2.45, 2.75) is 56.7 Å². The number of carbonyl (C=O) groups is 1. The third kappa shape index (κ3) is 4.14. The first-order valence-corrected chi connectivity index (χ1v) is 9.21. The molecule has 2 atom stereocenters. The van der Waals surface area contributed by atoms with E-state index in [1.807, 2.05) is 49.4 Å². The van der Waals surface area contributed by atoms with Crippen LogP contribution >= 0.6 is 0 Å². The molecular formula is C21H25N3O2. The lowest BCUT2D eigenvalue weighted by Gasteiger charge is -2.33. The average Bonchev–Trinajstić information content (AvgIpc) is 3.21. The molecule has 5 heteroatoms. The summed E-state index contributed by atoms with van der Waals surface area (Å²) in [6, 6.07) is 15.3. The number of furan rings is 1. The monoisotopic (exact) mass is 351 g/mol. The minimum Gasteiger partial charge on any atom is -0.467 e. The predicted octanol–water partition coefficient (Wildman–Crippen LogP) is 3.69. The topological polar surface area (TPSA) is 78.1 Å². The van der Waals surface area contributed by atoms with Gasteiger partial charge in [0.1, 0.15) is 11.3 Å². The first-order valence-electron chi connectivity index (χ1n) is 9.21. The molecule has 1 fully saturated rings. The number of rotatable bonds is 6. The summed E-state index contributed by atoms with van der Waals surface area (Å²) >= 11 is 0. The summed E-state index contributed by atoms with van der Waals surface area (Å²) in [5.74, 6) is 0.601. The van der Waals surface area contributed by atoms with E-state index in [2.05, 4.69) is 16.7 Å². The Kier molecular flexibility index (Phi) is 5.75. The molecule has 1 aliphatic rings. The molecule has 26 heavy (non-hydrogen) atoms. The fraction of sp³-hybridized carbons (Fsp3) is 0.429. The zero-order chi connectivity index (χ0) is 18.4. The van der Waals surface area contributed by atoms with Gasteiger partial charge in [-0.2, -0.15) is 5.26 Å². The second-order valence-electron chi connectivity index (χ2n) is 6.99. The van der Waals surface area contributed by atoms with Crippen LogP contribution in [0.4, 0.5) is 0 Å². The third-order valence-corrected chi connectivity index (χ3v) is 5.05. The van der Waals surface area contributed by atoms with E-state index in [0.29, 0.717) is 0 Å². The Morgan fingerprint density at radius 3 is 2.50 bits per heavy atom. The van der Waals surface area contributed by atoms with E-state index in [-0.39, 0.29) is 11.9 Å². The van der Waals surface area contributed by atoms with Crippen LogP contribution in [-0.4, -0.2) is 17.5 Å². The van der Waals surface area contributed by atoms with Gasteiger partial charge >= 0.3 is 0 Å². The molecule has 0 bridgehead atoms. The summed E-state index contributed by atoms with van der Waals surface area (Å²) in [6.07, 6.45) is 6.17. The van der Waals surface area contributed by atoms with Gasteiger partial charge in [-0.3, -0.25) is 10.1 Å². The summed E-state index contributed by atoms with van der Waals surface area (Å²) in [7, 11) is 0. The van der Waals surface area contributed by atoms with Gasteiger partial charge in [0.25, 0.3) is 0 Å². The highest BCUT2D eigenvalue weighted by Gasteiger charge is 2.35. The number of nitriles is 1. The minimum atomic E-state index is -0.724. The Labute approximate surface area is 154 Å².